The quantitative estimate of drug-likeness (QED) is 0.521. The molecule has 2 atom stereocenters. The largest absolute Gasteiger partial charge is 0.465 e. The molecule has 0 spiro atoms. The molecule has 0 radical (unpaired) electrons. The zero-order chi connectivity index (χ0) is 8.72. The van der Waals surface area contributed by atoms with Crippen LogP contribution in [0.5, 0.6) is 0 Å². The number of nitrogens with zero attached hydrogens (tertiary/aromatic N) is 1. The zero-order valence-electron chi connectivity index (χ0n) is 6.49. The molecule has 0 aromatic rings. The number of piperazine rings is 1. The molecule has 2 heterocycles. The number of carbonyl (C=O) groups excluding carboxylic acids is 1. The molecular formula is C7H10N2O3. The highest BCUT2D eigenvalue weighted by atomic mass is 16.4. The van der Waals surface area contributed by atoms with Crippen molar-refractivity contribution in [3.05, 3.63) is 0 Å². The Bertz CT molecular complexity index is 241. The normalized spacial score (nSPS) is 33.3. The summed E-state index contributed by atoms with van der Waals surface area (Å²) in [6, 6.07) is -0.425. The molecule has 5 heteroatoms. The summed E-state index contributed by atoms with van der Waals surface area (Å²) in [7, 11) is 0. The molecule has 2 unspecified atom stereocenters. The lowest BCUT2D eigenvalue weighted by molar-refractivity contribution is -0.127. The number of fused-ring (bicyclic) bond motifs is 2. The lowest BCUT2D eigenvalue weighted by Gasteiger charge is -2.31. The first-order valence-electron chi connectivity index (χ1n) is 3.99. The Kier molecular flexibility index (Phi) is 1.46. The Morgan fingerprint density at radius 2 is 2.33 bits per heavy atom. The van der Waals surface area contributed by atoms with Crippen molar-refractivity contribution < 1.29 is 14.7 Å². The topological polar surface area (TPSA) is 69.6 Å². The smallest absolute Gasteiger partial charge is 0.408 e. The van der Waals surface area contributed by atoms with Crippen LogP contribution in [0, 0.1) is 0 Å². The molecule has 0 saturated carbocycles. The molecule has 2 aliphatic heterocycles. The van der Waals surface area contributed by atoms with Crippen molar-refractivity contribution in [1.82, 2.24) is 10.2 Å². The van der Waals surface area contributed by atoms with E-state index in [1.807, 2.05) is 0 Å². The summed E-state index contributed by atoms with van der Waals surface area (Å²) >= 11 is 0. The second kappa shape index (κ2) is 2.36. The van der Waals surface area contributed by atoms with Gasteiger partial charge < -0.3 is 10.4 Å². The first-order valence-corrected chi connectivity index (χ1v) is 3.99. The van der Waals surface area contributed by atoms with Crippen LogP contribution in [0.3, 0.4) is 0 Å². The van der Waals surface area contributed by atoms with E-state index in [9.17, 15) is 9.59 Å². The Balaban J connectivity index is 2.24. The van der Waals surface area contributed by atoms with Gasteiger partial charge in [-0.1, -0.05) is 0 Å². The minimum atomic E-state index is -0.975. The molecule has 0 aromatic heterocycles. The molecule has 2 bridgehead atoms. The van der Waals surface area contributed by atoms with Gasteiger partial charge in [-0.2, -0.15) is 0 Å². The molecule has 2 rings (SSSR count). The van der Waals surface area contributed by atoms with Crippen LogP contribution in [-0.4, -0.2) is 40.6 Å². The van der Waals surface area contributed by atoms with Crippen LogP contribution in [0.4, 0.5) is 4.79 Å². The number of carbonyl (C=O) groups is 2. The third kappa shape index (κ3) is 0.855. The van der Waals surface area contributed by atoms with Gasteiger partial charge in [-0.3, -0.25) is 9.69 Å². The van der Waals surface area contributed by atoms with Crippen LogP contribution < -0.4 is 5.32 Å². The van der Waals surface area contributed by atoms with Gasteiger partial charge in [-0.25, -0.2) is 4.79 Å². The van der Waals surface area contributed by atoms with Crippen molar-refractivity contribution in [2.24, 2.45) is 0 Å². The summed E-state index contributed by atoms with van der Waals surface area (Å²) in [5.41, 5.74) is 0. The van der Waals surface area contributed by atoms with E-state index < -0.39 is 12.1 Å². The average Bonchev–Trinajstić information content (AvgIpc) is 2.35. The minimum absolute atomic E-state index is 0.00481. The number of nitrogens with one attached hydrogen (secondary N) is 1. The van der Waals surface area contributed by atoms with E-state index in [4.69, 9.17) is 5.11 Å². The molecule has 2 amide bonds. The molecule has 5 nitrogen and oxygen atoms in total. The van der Waals surface area contributed by atoms with Crippen molar-refractivity contribution in [3.63, 3.8) is 0 Å². The molecule has 0 aromatic carbocycles. The molecule has 2 N–H and O–H groups in total. The maximum Gasteiger partial charge on any atom is 0.408 e. The zero-order valence-corrected chi connectivity index (χ0v) is 6.49. The highest BCUT2D eigenvalue weighted by Crippen LogP contribution is 2.26. The molecule has 12 heavy (non-hydrogen) atoms. The Labute approximate surface area is 69.3 Å². The van der Waals surface area contributed by atoms with E-state index in [0.717, 1.165) is 6.42 Å². The minimum Gasteiger partial charge on any atom is -0.465 e. The van der Waals surface area contributed by atoms with Gasteiger partial charge >= 0.3 is 6.09 Å². The van der Waals surface area contributed by atoms with Gasteiger partial charge in [-0.15, -0.1) is 0 Å². The number of hydrogen-bond donors (Lipinski definition) is 2. The summed E-state index contributed by atoms with van der Waals surface area (Å²) in [5.74, 6) is -0.147. The number of amides is 2. The summed E-state index contributed by atoms with van der Waals surface area (Å²) < 4.78 is 0. The molecular weight excluding hydrogens is 160 g/mol. The average molecular weight is 170 g/mol. The summed E-state index contributed by atoms with van der Waals surface area (Å²) in [6.07, 6.45) is 0.496. The molecule has 2 aliphatic rings. The van der Waals surface area contributed by atoms with Gasteiger partial charge in [0.05, 0.1) is 6.04 Å². The van der Waals surface area contributed by atoms with E-state index in [1.54, 1.807) is 0 Å². The Morgan fingerprint density at radius 3 is 2.92 bits per heavy atom. The standard InChI is InChI=1S/C7H10N2O3/c10-6-5-2-1-4(3-8-6)9(5)7(11)12/h4-5H,1-3H2,(H,8,10)(H,11,12). The van der Waals surface area contributed by atoms with Crippen molar-refractivity contribution >= 4 is 12.0 Å². The Morgan fingerprint density at radius 1 is 1.58 bits per heavy atom. The van der Waals surface area contributed by atoms with Crippen molar-refractivity contribution in [2.75, 3.05) is 6.54 Å². The number of carboxylic acid groups (broad SMARTS) is 1. The van der Waals surface area contributed by atoms with Crippen LogP contribution in [0.25, 0.3) is 0 Å². The molecule has 2 fully saturated rings. The van der Waals surface area contributed by atoms with E-state index in [2.05, 4.69) is 5.32 Å². The third-order valence-corrected chi connectivity index (χ3v) is 2.54. The first-order chi connectivity index (χ1) is 5.70. The lowest BCUT2D eigenvalue weighted by atomic mass is 10.2. The fourth-order valence-corrected chi connectivity index (χ4v) is 1.97. The number of hydrogen-bond acceptors (Lipinski definition) is 2. The van der Waals surface area contributed by atoms with Gasteiger partial charge in [0, 0.05) is 6.54 Å². The summed E-state index contributed by atoms with van der Waals surface area (Å²) in [6.45, 7) is 0.474. The van der Waals surface area contributed by atoms with Crippen molar-refractivity contribution in [1.29, 1.82) is 0 Å². The van der Waals surface area contributed by atoms with E-state index in [0.29, 0.717) is 13.0 Å². The highest BCUT2D eigenvalue weighted by molar-refractivity contribution is 5.87. The SMILES string of the molecule is O=C1NCC2CCC1N2C(=O)O. The van der Waals surface area contributed by atoms with Crippen LogP contribution in [0.1, 0.15) is 12.8 Å². The van der Waals surface area contributed by atoms with Gasteiger partial charge in [0.2, 0.25) is 5.91 Å². The van der Waals surface area contributed by atoms with Crippen molar-refractivity contribution in [3.8, 4) is 0 Å². The maximum absolute atomic E-state index is 11.2. The molecule has 66 valence electrons. The fourth-order valence-electron chi connectivity index (χ4n) is 1.97. The van der Waals surface area contributed by atoms with Crippen LogP contribution in [-0.2, 0) is 4.79 Å². The third-order valence-electron chi connectivity index (χ3n) is 2.54. The Hall–Kier alpha value is -1.26. The van der Waals surface area contributed by atoms with Gasteiger partial charge in [0.15, 0.2) is 0 Å². The van der Waals surface area contributed by atoms with Crippen LogP contribution in [0.15, 0.2) is 0 Å². The van der Waals surface area contributed by atoms with E-state index in [-0.39, 0.29) is 11.9 Å². The lowest BCUT2D eigenvalue weighted by Crippen LogP contribution is -2.57. The first kappa shape index (κ1) is 7.39. The van der Waals surface area contributed by atoms with Gasteiger partial charge in [0.1, 0.15) is 6.04 Å². The maximum atomic E-state index is 11.2. The monoisotopic (exact) mass is 170 g/mol. The van der Waals surface area contributed by atoms with Gasteiger partial charge in [-0.05, 0) is 12.8 Å². The summed E-state index contributed by atoms with van der Waals surface area (Å²) in [5, 5.41) is 11.5. The van der Waals surface area contributed by atoms with Gasteiger partial charge in [0.25, 0.3) is 0 Å². The number of rotatable bonds is 0. The second-order valence-corrected chi connectivity index (χ2v) is 3.18. The van der Waals surface area contributed by atoms with Crippen LogP contribution >= 0.6 is 0 Å². The predicted octanol–water partition coefficient (Wildman–Crippen LogP) is -0.373. The fraction of sp³-hybridized carbons (Fsp3) is 0.714. The molecule has 0 aliphatic carbocycles. The summed E-state index contributed by atoms with van der Waals surface area (Å²) in [4.78, 5) is 23.1. The molecule has 2 saturated heterocycles. The van der Waals surface area contributed by atoms with Crippen LogP contribution in [0.2, 0.25) is 0 Å². The predicted molar refractivity (Wildman–Crippen MR) is 39.7 cm³/mol. The van der Waals surface area contributed by atoms with Crippen molar-refractivity contribution in [2.45, 2.75) is 24.9 Å². The van der Waals surface area contributed by atoms with E-state index in [1.165, 1.54) is 4.90 Å². The highest BCUT2D eigenvalue weighted by Gasteiger charge is 2.44. The second-order valence-electron chi connectivity index (χ2n) is 3.18. The van der Waals surface area contributed by atoms with E-state index >= 15 is 0 Å².